The summed E-state index contributed by atoms with van der Waals surface area (Å²) in [6.45, 7) is 1.99. The predicted octanol–water partition coefficient (Wildman–Crippen LogP) is 0.809. The fraction of sp³-hybridized carbons (Fsp3) is 0.500. The quantitative estimate of drug-likeness (QED) is 0.688. The molecule has 1 fully saturated rings. The number of nitrogens with zero attached hydrogens (tertiary/aromatic N) is 2. The summed E-state index contributed by atoms with van der Waals surface area (Å²) >= 11 is 0. The van der Waals surface area contributed by atoms with E-state index >= 15 is 0 Å². The normalized spacial score (nSPS) is 23.2. The van der Waals surface area contributed by atoms with Gasteiger partial charge in [0.25, 0.3) is 0 Å². The van der Waals surface area contributed by atoms with Gasteiger partial charge in [-0.25, -0.2) is 4.98 Å². The molecule has 3 nitrogen and oxygen atoms in total. The van der Waals surface area contributed by atoms with E-state index in [1.807, 2.05) is 18.2 Å². The molecule has 0 aromatic carbocycles. The largest absolute Gasteiger partial charge is 0.355 e. The van der Waals surface area contributed by atoms with Gasteiger partial charge in [-0.2, -0.15) is 0 Å². The molecule has 0 bridgehead atoms. The minimum absolute atomic E-state index is 0.302. The molecule has 1 radical (unpaired) electrons. The van der Waals surface area contributed by atoms with E-state index in [0.29, 0.717) is 6.04 Å². The second-order valence-corrected chi connectivity index (χ2v) is 3.47. The highest BCUT2D eigenvalue weighted by Crippen LogP contribution is 2.15. The first kappa shape index (κ1) is 8.51. The van der Waals surface area contributed by atoms with Gasteiger partial charge in [0, 0.05) is 19.1 Å². The Morgan fingerprint density at radius 2 is 2.54 bits per heavy atom. The van der Waals surface area contributed by atoms with Crippen LogP contribution in [0.15, 0.2) is 18.2 Å². The van der Waals surface area contributed by atoms with Crippen LogP contribution in [0, 0.1) is 6.20 Å². The Labute approximate surface area is 78.6 Å². The van der Waals surface area contributed by atoms with Gasteiger partial charge in [-0.1, -0.05) is 6.07 Å². The zero-order chi connectivity index (χ0) is 9.10. The molecule has 2 heterocycles. The Hall–Kier alpha value is -1.09. The zero-order valence-electron chi connectivity index (χ0n) is 7.61. The van der Waals surface area contributed by atoms with Crippen LogP contribution in [0.1, 0.15) is 12.8 Å². The third-order valence-corrected chi connectivity index (χ3v) is 2.38. The summed E-state index contributed by atoms with van der Waals surface area (Å²) in [4.78, 5) is 6.41. The van der Waals surface area contributed by atoms with E-state index in [0.717, 1.165) is 31.7 Å². The maximum atomic E-state index is 5.88. The lowest BCUT2D eigenvalue weighted by Crippen LogP contribution is -2.43. The summed E-state index contributed by atoms with van der Waals surface area (Å²) in [6, 6.07) is 6.08. The van der Waals surface area contributed by atoms with E-state index < -0.39 is 0 Å². The van der Waals surface area contributed by atoms with Crippen LogP contribution in [0.2, 0.25) is 0 Å². The van der Waals surface area contributed by atoms with Gasteiger partial charge >= 0.3 is 0 Å². The van der Waals surface area contributed by atoms with Gasteiger partial charge in [-0.05, 0) is 25.0 Å². The number of piperidine rings is 1. The van der Waals surface area contributed by atoms with Gasteiger partial charge in [-0.15, -0.1) is 0 Å². The average molecular weight is 176 g/mol. The van der Waals surface area contributed by atoms with Crippen molar-refractivity contribution in [3.63, 3.8) is 0 Å². The molecule has 0 spiro atoms. The van der Waals surface area contributed by atoms with Crippen LogP contribution in [0.25, 0.3) is 0 Å². The Balaban J connectivity index is 2.08. The van der Waals surface area contributed by atoms with Gasteiger partial charge in [0.2, 0.25) is 0 Å². The van der Waals surface area contributed by atoms with E-state index in [1.165, 1.54) is 0 Å². The molecule has 1 aliphatic heterocycles. The Kier molecular flexibility index (Phi) is 2.45. The molecule has 3 heteroatoms. The number of rotatable bonds is 1. The fourth-order valence-corrected chi connectivity index (χ4v) is 1.71. The minimum Gasteiger partial charge on any atom is -0.355 e. The van der Waals surface area contributed by atoms with Crippen molar-refractivity contribution in [2.24, 2.45) is 5.73 Å². The number of hydrogen-bond donors (Lipinski definition) is 1. The van der Waals surface area contributed by atoms with E-state index in [2.05, 4.69) is 16.1 Å². The van der Waals surface area contributed by atoms with Gasteiger partial charge in [0.15, 0.2) is 0 Å². The van der Waals surface area contributed by atoms with Crippen LogP contribution in [0.3, 0.4) is 0 Å². The lowest BCUT2D eigenvalue weighted by Gasteiger charge is -2.31. The second kappa shape index (κ2) is 3.75. The Morgan fingerprint density at radius 1 is 1.62 bits per heavy atom. The van der Waals surface area contributed by atoms with E-state index in [9.17, 15) is 0 Å². The number of hydrogen-bond acceptors (Lipinski definition) is 3. The van der Waals surface area contributed by atoms with E-state index in [1.54, 1.807) is 0 Å². The molecule has 2 rings (SSSR count). The summed E-state index contributed by atoms with van der Waals surface area (Å²) in [5.41, 5.74) is 5.88. The molecular formula is C10H14N3. The summed E-state index contributed by atoms with van der Waals surface area (Å²) in [5, 5.41) is 0. The smallest absolute Gasteiger partial charge is 0.129 e. The maximum Gasteiger partial charge on any atom is 0.129 e. The van der Waals surface area contributed by atoms with Crippen LogP contribution in [0.5, 0.6) is 0 Å². The average Bonchev–Trinajstić information content (AvgIpc) is 2.19. The van der Waals surface area contributed by atoms with Crippen LogP contribution in [-0.2, 0) is 0 Å². The third-order valence-electron chi connectivity index (χ3n) is 2.38. The van der Waals surface area contributed by atoms with Crippen molar-refractivity contribution in [3.8, 4) is 0 Å². The van der Waals surface area contributed by atoms with Crippen molar-refractivity contribution >= 4 is 5.82 Å². The van der Waals surface area contributed by atoms with Crippen molar-refractivity contribution < 1.29 is 0 Å². The zero-order valence-corrected chi connectivity index (χ0v) is 7.61. The lowest BCUT2D eigenvalue weighted by atomic mass is 10.1. The SMILES string of the molecule is NC1CCCN(c2ccc[c]n2)C1. The first-order valence-electron chi connectivity index (χ1n) is 4.70. The molecule has 1 aromatic heterocycles. The van der Waals surface area contributed by atoms with E-state index in [-0.39, 0.29) is 0 Å². The molecule has 1 aliphatic rings. The standard InChI is InChI=1S/C10H14N3/c11-9-4-3-7-13(8-9)10-5-1-2-6-12-10/h1-2,5,9H,3-4,7-8,11H2. The third kappa shape index (κ3) is 1.98. The predicted molar refractivity (Wildman–Crippen MR) is 52.5 cm³/mol. The highest BCUT2D eigenvalue weighted by Gasteiger charge is 2.16. The molecule has 1 unspecified atom stereocenters. The summed E-state index contributed by atoms with van der Waals surface area (Å²) in [6.07, 6.45) is 5.14. The van der Waals surface area contributed by atoms with Gasteiger partial charge in [0.05, 0.1) is 6.20 Å². The van der Waals surface area contributed by atoms with Gasteiger partial charge < -0.3 is 10.6 Å². The monoisotopic (exact) mass is 176 g/mol. The van der Waals surface area contributed by atoms with E-state index in [4.69, 9.17) is 5.73 Å². The molecule has 1 atom stereocenters. The first-order valence-corrected chi connectivity index (χ1v) is 4.70. The van der Waals surface area contributed by atoms with Crippen LogP contribution in [0.4, 0.5) is 5.82 Å². The molecule has 13 heavy (non-hydrogen) atoms. The van der Waals surface area contributed by atoms with Gasteiger partial charge in [0.1, 0.15) is 5.82 Å². The summed E-state index contributed by atoms with van der Waals surface area (Å²) in [7, 11) is 0. The Morgan fingerprint density at radius 3 is 3.23 bits per heavy atom. The molecule has 2 N–H and O–H groups in total. The van der Waals surface area contributed by atoms with Crippen molar-refractivity contribution in [1.29, 1.82) is 0 Å². The maximum absolute atomic E-state index is 5.88. The molecule has 1 aromatic rings. The van der Waals surface area contributed by atoms with Crippen molar-refractivity contribution in [2.75, 3.05) is 18.0 Å². The molecule has 0 saturated carbocycles. The summed E-state index contributed by atoms with van der Waals surface area (Å²) < 4.78 is 0. The molecule has 1 saturated heterocycles. The molecule has 69 valence electrons. The molecule has 0 aliphatic carbocycles. The minimum atomic E-state index is 0.302. The lowest BCUT2D eigenvalue weighted by molar-refractivity contribution is 0.503. The van der Waals surface area contributed by atoms with Crippen LogP contribution < -0.4 is 10.6 Å². The molecule has 0 amide bonds. The van der Waals surface area contributed by atoms with Gasteiger partial charge in [-0.3, -0.25) is 0 Å². The number of anilines is 1. The van der Waals surface area contributed by atoms with Crippen LogP contribution in [-0.4, -0.2) is 24.1 Å². The first-order chi connectivity index (χ1) is 6.36. The topological polar surface area (TPSA) is 42.1 Å². The number of aromatic nitrogens is 1. The number of pyridine rings is 1. The highest BCUT2D eigenvalue weighted by atomic mass is 15.2. The van der Waals surface area contributed by atoms with Crippen molar-refractivity contribution in [3.05, 3.63) is 24.4 Å². The Bertz CT molecular complexity index is 260. The van der Waals surface area contributed by atoms with Crippen LogP contribution >= 0.6 is 0 Å². The molecular weight excluding hydrogens is 162 g/mol. The second-order valence-electron chi connectivity index (χ2n) is 3.47. The highest BCUT2D eigenvalue weighted by molar-refractivity contribution is 5.38. The fourth-order valence-electron chi connectivity index (χ4n) is 1.71. The van der Waals surface area contributed by atoms with Crippen molar-refractivity contribution in [1.82, 2.24) is 4.98 Å². The number of nitrogens with two attached hydrogens (primary N) is 1. The van der Waals surface area contributed by atoms with Crippen molar-refractivity contribution in [2.45, 2.75) is 18.9 Å². The summed E-state index contributed by atoms with van der Waals surface area (Å²) in [5.74, 6) is 0.998.